The van der Waals surface area contributed by atoms with E-state index in [4.69, 9.17) is 5.26 Å². The molecule has 0 aliphatic carbocycles. The summed E-state index contributed by atoms with van der Waals surface area (Å²) in [5, 5.41) is 11.9. The van der Waals surface area contributed by atoms with Gasteiger partial charge in [0.1, 0.15) is 17.6 Å². The molecule has 0 aliphatic heterocycles. The minimum atomic E-state index is 0.387. The summed E-state index contributed by atoms with van der Waals surface area (Å²) in [6.07, 6.45) is 0. The molecule has 0 unspecified atom stereocenters. The number of aromatic nitrogens is 1. The summed E-state index contributed by atoms with van der Waals surface area (Å²) in [5.41, 5.74) is 1.27. The molecule has 0 atom stereocenters. The second-order valence-corrected chi connectivity index (χ2v) is 4.95. The first kappa shape index (κ1) is 12.1. The summed E-state index contributed by atoms with van der Waals surface area (Å²) in [4.78, 5) is 4.15. The van der Waals surface area contributed by atoms with Crippen LogP contribution in [0.25, 0.3) is 0 Å². The second-order valence-electron chi connectivity index (χ2n) is 3.24. The Morgan fingerprint density at radius 3 is 2.35 bits per heavy atom. The fraction of sp³-hybridized carbons (Fsp3) is 0. The van der Waals surface area contributed by atoms with E-state index in [2.05, 4.69) is 42.2 Å². The monoisotopic (exact) mass is 351 g/mol. The Hall–Kier alpha value is -1.38. The minimum Gasteiger partial charge on any atom is -0.338 e. The van der Waals surface area contributed by atoms with Gasteiger partial charge in [0.05, 0.1) is 5.69 Å². The Kier molecular flexibility index (Phi) is 3.77. The van der Waals surface area contributed by atoms with Crippen molar-refractivity contribution in [2.75, 3.05) is 5.32 Å². The smallest absolute Gasteiger partial charge is 0.142 e. The summed E-state index contributed by atoms with van der Waals surface area (Å²) in [7, 11) is 0. The number of halogens is 2. The number of anilines is 2. The van der Waals surface area contributed by atoms with Crippen LogP contribution in [0, 0.1) is 11.3 Å². The molecule has 0 saturated heterocycles. The van der Waals surface area contributed by atoms with Crippen LogP contribution in [-0.2, 0) is 0 Å². The van der Waals surface area contributed by atoms with Gasteiger partial charge in [-0.05, 0) is 56.1 Å². The fourth-order valence-electron chi connectivity index (χ4n) is 1.31. The van der Waals surface area contributed by atoms with Gasteiger partial charge in [-0.25, -0.2) is 4.98 Å². The van der Waals surface area contributed by atoms with Crippen molar-refractivity contribution in [1.29, 1.82) is 5.26 Å². The molecule has 0 saturated carbocycles. The van der Waals surface area contributed by atoms with Crippen LogP contribution in [0.3, 0.4) is 0 Å². The van der Waals surface area contributed by atoms with Crippen LogP contribution in [0.2, 0.25) is 0 Å². The Bertz CT molecular complexity index is 570. The molecule has 1 aromatic heterocycles. The van der Waals surface area contributed by atoms with Crippen molar-refractivity contribution in [3.63, 3.8) is 0 Å². The molecule has 2 aromatic rings. The zero-order chi connectivity index (χ0) is 12.3. The zero-order valence-electron chi connectivity index (χ0n) is 8.61. The highest BCUT2D eigenvalue weighted by atomic mass is 79.9. The molecule has 5 heteroatoms. The predicted octanol–water partition coefficient (Wildman–Crippen LogP) is 4.22. The highest BCUT2D eigenvalue weighted by Crippen LogP contribution is 2.32. The Morgan fingerprint density at radius 2 is 1.71 bits per heavy atom. The molecular formula is C12H7Br2N3. The van der Waals surface area contributed by atoms with E-state index in [1.165, 1.54) is 0 Å². The third-order valence-corrected chi connectivity index (χ3v) is 3.40. The quantitative estimate of drug-likeness (QED) is 0.880. The van der Waals surface area contributed by atoms with Gasteiger partial charge in [-0.15, -0.1) is 0 Å². The lowest BCUT2D eigenvalue weighted by molar-refractivity contribution is 1.25. The first-order valence-electron chi connectivity index (χ1n) is 4.79. The van der Waals surface area contributed by atoms with E-state index in [0.717, 1.165) is 14.6 Å². The molecule has 0 bridgehead atoms. The molecule has 0 spiro atoms. The molecule has 84 valence electrons. The predicted molar refractivity (Wildman–Crippen MR) is 74.1 cm³/mol. The normalized spacial score (nSPS) is 9.71. The van der Waals surface area contributed by atoms with Gasteiger partial charge in [0.25, 0.3) is 0 Å². The Morgan fingerprint density at radius 1 is 1.06 bits per heavy atom. The third-order valence-electron chi connectivity index (χ3n) is 2.08. The molecule has 0 aliphatic rings. The van der Waals surface area contributed by atoms with Crippen molar-refractivity contribution in [2.45, 2.75) is 0 Å². The lowest BCUT2D eigenvalue weighted by Crippen LogP contribution is -1.96. The first-order chi connectivity index (χ1) is 8.20. The van der Waals surface area contributed by atoms with Crippen LogP contribution in [0.5, 0.6) is 0 Å². The topological polar surface area (TPSA) is 48.7 Å². The molecule has 1 heterocycles. The maximum atomic E-state index is 8.78. The maximum Gasteiger partial charge on any atom is 0.142 e. The van der Waals surface area contributed by atoms with Crippen molar-refractivity contribution < 1.29 is 0 Å². The average Bonchev–Trinajstić information content (AvgIpc) is 2.34. The zero-order valence-corrected chi connectivity index (χ0v) is 11.8. The van der Waals surface area contributed by atoms with Gasteiger partial charge in [-0.2, -0.15) is 5.26 Å². The van der Waals surface area contributed by atoms with Crippen molar-refractivity contribution in [2.24, 2.45) is 0 Å². The van der Waals surface area contributed by atoms with Crippen LogP contribution in [0.1, 0.15) is 5.69 Å². The Balaban J connectivity index is 2.35. The van der Waals surface area contributed by atoms with Gasteiger partial charge in [0.2, 0.25) is 0 Å². The van der Waals surface area contributed by atoms with Crippen LogP contribution in [-0.4, -0.2) is 4.98 Å². The molecule has 1 aromatic carbocycles. The SMILES string of the molecule is N#Cc1cccc(Nc2c(Br)cccc2Br)n1. The largest absolute Gasteiger partial charge is 0.338 e. The highest BCUT2D eigenvalue weighted by molar-refractivity contribution is 9.11. The molecule has 0 radical (unpaired) electrons. The molecule has 2 rings (SSSR count). The van der Waals surface area contributed by atoms with E-state index in [1.807, 2.05) is 30.3 Å². The van der Waals surface area contributed by atoms with Crippen LogP contribution in [0.4, 0.5) is 11.5 Å². The van der Waals surface area contributed by atoms with E-state index >= 15 is 0 Å². The standard InChI is InChI=1S/C12H7Br2N3/c13-9-4-2-5-10(14)12(9)17-11-6-1-3-8(7-15)16-11/h1-6H,(H,16,17). The van der Waals surface area contributed by atoms with Crippen molar-refractivity contribution in [3.05, 3.63) is 51.0 Å². The minimum absolute atomic E-state index is 0.387. The summed E-state index contributed by atoms with van der Waals surface area (Å²) in [6, 6.07) is 13.1. The van der Waals surface area contributed by atoms with E-state index in [9.17, 15) is 0 Å². The Labute approximate surface area is 116 Å². The average molecular weight is 353 g/mol. The van der Waals surface area contributed by atoms with E-state index in [1.54, 1.807) is 12.1 Å². The van der Waals surface area contributed by atoms with Gasteiger partial charge < -0.3 is 5.32 Å². The third kappa shape index (κ3) is 2.84. The van der Waals surface area contributed by atoms with Gasteiger partial charge in [0, 0.05) is 8.95 Å². The molecule has 17 heavy (non-hydrogen) atoms. The summed E-state index contributed by atoms with van der Waals surface area (Å²) in [5.74, 6) is 0.636. The number of para-hydroxylation sites is 1. The molecule has 0 amide bonds. The number of nitrogens with zero attached hydrogens (tertiary/aromatic N) is 2. The van der Waals surface area contributed by atoms with E-state index in [0.29, 0.717) is 11.5 Å². The summed E-state index contributed by atoms with van der Waals surface area (Å²) < 4.78 is 1.85. The fourth-order valence-corrected chi connectivity index (χ4v) is 2.51. The van der Waals surface area contributed by atoms with Crippen LogP contribution >= 0.6 is 31.9 Å². The van der Waals surface area contributed by atoms with Gasteiger partial charge in [0.15, 0.2) is 0 Å². The van der Waals surface area contributed by atoms with E-state index in [-0.39, 0.29) is 0 Å². The van der Waals surface area contributed by atoms with Crippen LogP contribution in [0.15, 0.2) is 45.3 Å². The summed E-state index contributed by atoms with van der Waals surface area (Å²) in [6.45, 7) is 0. The van der Waals surface area contributed by atoms with Gasteiger partial charge in [-0.3, -0.25) is 0 Å². The van der Waals surface area contributed by atoms with Crippen LogP contribution < -0.4 is 5.32 Å². The lowest BCUT2D eigenvalue weighted by atomic mass is 10.3. The molecular weight excluding hydrogens is 346 g/mol. The number of benzene rings is 1. The lowest BCUT2D eigenvalue weighted by Gasteiger charge is -2.09. The maximum absolute atomic E-state index is 8.78. The summed E-state index contributed by atoms with van der Waals surface area (Å²) >= 11 is 6.91. The molecule has 3 nitrogen and oxygen atoms in total. The van der Waals surface area contributed by atoms with Crippen molar-refractivity contribution in [3.8, 4) is 6.07 Å². The number of nitrogens with one attached hydrogen (secondary N) is 1. The van der Waals surface area contributed by atoms with Crippen molar-refractivity contribution in [1.82, 2.24) is 4.98 Å². The van der Waals surface area contributed by atoms with Gasteiger partial charge >= 0.3 is 0 Å². The molecule has 0 fully saturated rings. The van der Waals surface area contributed by atoms with E-state index < -0.39 is 0 Å². The number of nitriles is 1. The number of hydrogen-bond acceptors (Lipinski definition) is 3. The number of rotatable bonds is 2. The molecule has 1 N–H and O–H groups in total. The second kappa shape index (κ2) is 5.30. The highest BCUT2D eigenvalue weighted by Gasteiger charge is 2.05. The number of hydrogen-bond donors (Lipinski definition) is 1. The number of pyridine rings is 1. The van der Waals surface area contributed by atoms with Gasteiger partial charge in [-0.1, -0.05) is 12.1 Å². The first-order valence-corrected chi connectivity index (χ1v) is 6.37. The van der Waals surface area contributed by atoms with Crippen molar-refractivity contribution >= 4 is 43.4 Å².